The normalized spacial score (nSPS) is 18.2. The Morgan fingerprint density at radius 1 is 1.39 bits per heavy atom. The number of benzene rings is 1. The fraction of sp³-hybridized carbons (Fsp3) is 0.562. The van der Waals surface area contributed by atoms with Crippen LogP contribution in [0.3, 0.4) is 0 Å². The summed E-state index contributed by atoms with van der Waals surface area (Å²) in [7, 11) is 1.74. The van der Waals surface area contributed by atoms with Crippen molar-refractivity contribution in [2.24, 2.45) is 4.99 Å². The highest BCUT2D eigenvalue weighted by Crippen LogP contribution is 2.20. The Morgan fingerprint density at radius 2 is 2.26 bits per heavy atom. The van der Waals surface area contributed by atoms with Crippen molar-refractivity contribution in [3.63, 3.8) is 0 Å². The first-order valence-electron chi connectivity index (χ1n) is 7.77. The lowest BCUT2D eigenvalue weighted by Gasteiger charge is -2.13. The van der Waals surface area contributed by atoms with E-state index in [0.29, 0.717) is 16.6 Å². The average Bonchev–Trinajstić information content (AvgIpc) is 3.05. The van der Waals surface area contributed by atoms with Gasteiger partial charge in [0.25, 0.3) is 0 Å². The molecule has 1 aliphatic rings. The lowest BCUT2D eigenvalue weighted by molar-refractivity contribution is 0.0420. The molecule has 0 saturated carbocycles. The van der Waals surface area contributed by atoms with E-state index in [9.17, 15) is 0 Å². The fourth-order valence-corrected chi connectivity index (χ4v) is 2.71. The molecule has 1 fully saturated rings. The van der Waals surface area contributed by atoms with Crippen LogP contribution in [0.25, 0.3) is 0 Å². The van der Waals surface area contributed by atoms with Gasteiger partial charge in [0, 0.05) is 43.4 Å². The van der Waals surface area contributed by atoms with E-state index in [1.807, 2.05) is 12.1 Å². The smallest absolute Gasteiger partial charge is 0.191 e. The van der Waals surface area contributed by atoms with Gasteiger partial charge in [-0.3, -0.25) is 4.99 Å². The summed E-state index contributed by atoms with van der Waals surface area (Å²) in [6, 6.07) is 5.47. The van der Waals surface area contributed by atoms with E-state index in [0.717, 1.165) is 50.7 Å². The molecule has 1 aromatic rings. The zero-order chi connectivity index (χ0) is 16.5. The summed E-state index contributed by atoms with van der Waals surface area (Å²) >= 11 is 12.0. The van der Waals surface area contributed by atoms with Gasteiger partial charge in [-0.15, -0.1) is 0 Å². The molecule has 1 saturated heterocycles. The Hall–Kier alpha value is -1.01. The Bertz CT molecular complexity index is 520. The molecule has 1 atom stereocenters. The summed E-state index contributed by atoms with van der Waals surface area (Å²) < 4.78 is 11.0. The third-order valence-corrected chi connectivity index (χ3v) is 4.13. The van der Waals surface area contributed by atoms with Gasteiger partial charge in [0.15, 0.2) is 5.96 Å². The number of ether oxygens (including phenoxy) is 2. The van der Waals surface area contributed by atoms with Crippen molar-refractivity contribution in [3.05, 3.63) is 33.8 Å². The van der Waals surface area contributed by atoms with Gasteiger partial charge in [-0.2, -0.15) is 0 Å². The molecule has 2 rings (SSSR count). The van der Waals surface area contributed by atoms with Gasteiger partial charge < -0.3 is 20.1 Å². The topological polar surface area (TPSA) is 54.9 Å². The Kier molecular flexibility index (Phi) is 7.95. The second-order valence-electron chi connectivity index (χ2n) is 5.30. The number of halogens is 2. The molecular weight excluding hydrogens is 337 g/mol. The first-order chi connectivity index (χ1) is 11.2. The number of nitrogens with zero attached hydrogens (tertiary/aromatic N) is 1. The number of nitrogens with one attached hydrogen (secondary N) is 2. The molecule has 5 nitrogen and oxygen atoms in total. The van der Waals surface area contributed by atoms with Crippen LogP contribution in [-0.4, -0.2) is 45.5 Å². The van der Waals surface area contributed by atoms with Gasteiger partial charge in [-0.25, -0.2) is 0 Å². The van der Waals surface area contributed by atoms with Crippen molar-refractivity contribution in [1.29, 1.82) is 0 Å². The molecule has 1 heterocycles. The van der Waals surface area contributed by atoms with Crippen molar-refractivity contribution in [2.75, 3.05) is 33.4 Å². The molecule has 0 amide bonds. The number of guanidine groups is 1. The van der Waals surface area contributed by atoms with E-state index in [2.05, 4.69) is 15.6 Å². The minimum absolute atomic E-state index is 0.263. The number of hydrogen-bond donors (Lipinski definition) is 2. The van der Waals surface area contributed by atoms with Crippen LogP contribution in [0.15, 0.2) is 23.2 Å². The first kappa shape index (κ1) is 18.3. The molecule has 0 bridgehead atoms. The predicted octanol–water partition coefficient (Wildman–Crippen LogP) is 2.85. The highest BCUT2D eigenvalue weighted by molar-refractivity contribution is 6.35. The zero-order valence-corrected chi connectivity index (χ0v) is 14.8. The molecule has 0 spiro atoms. The van der Waals surface area contributed by atoms with Crippen LogP contribution in [0.5, 0.6) is 0 Å². The molecule has 1 aromatic carbocycles. The Morgan fingerprint density at radius 3 is 2.96 bits per heavy atom. The third kappa shape index (κ3) is 6.55. The van der Waals surface area contributed by atoms with Crippen LogP contribution in [0.2, 0.25) is 10.0 Å². The average molecular weight is 360 g/mol. The molecule has 0 radical (unpaired) electrons. The number of rotatable bonds is 7. The maximum absolute atomic E-state index is 6.15. The maximum atomic E-state index is 6.15. The third-order valence-electron chi connectivity index (χ3n) is 3.54. The summed E-state index contributed by atoms with van der Waals surface area (Å²) in [5.41, 5.74) is 0.976. The van der Waals surface area contributed by atoms with Crippen molar-refractivity contribution >= 4 is 29.2 Å². The van der Waals surface area contributed by atoms with Crippen molar-refractivity contribution in [1.82, 2.24) is 10.6 Å². The predicted molar refractivity (Wildman–Crippen MR) is 94.5 cm³/mol. The molecule has 0 aromatic heterocycles. The van der Waals surface area contributed by atoms with E-state index in [4.69, 9.17) is 32.7 Å². The van der Waals surface area contributed by atoms with Crippen molar-refractivity contribution in [3.8, 4) is 0 Å². The summed E-state index contributed by atoms with van der Waals surface area (Å²) in [6.45, 7) is 3.64. The summed E-state index contributed by atoms with van der Waals surface area (Å²) in [4.78, 5) is 4.19. The van der Waals surface area contributed by atoms with Crippen molar-refractivity contribution in [2.45, 2.75) is 25.5 Å². The van der Waals surface area contributed by atoms with Crippen LogP contribution >= 0.6 is 23.2 Å². The highest BCUT2D eigenvalue weighted by Gasteiger charge is 2.15. The van der Waals surface area contributed by atoms with Crippen LogP contribution < -0.4 is 10.6 Å². The fourth-order valence-electron chi connectivity index (χ4n) is 2.24. The SMILES string of the molecule is CN=C(NCCCOC1CCOC1)NCc1ccc(Cl)cc1Cl. The molecule has 1 unspecified atom stereocenters. The number of aliphatic imine (C=N–C) groups is 1. The standard InChI is InChI=1S/C16H23Cl2N3O2/c1-19-16(20-6-2-7-23-14-5-8-22-11-14)21-10-12-3-4-13(17)9-15(12)18/h3-4,9,14H,2,5-8,10-11H2,1H3,(H2,19,20,21). The lowest BCUT2D eigenvalue weighted by Crippen LogP contribution is -2.37. The van der Waals surface area contributed by atoms with E-state index in [1.165, 1.54) is 0 Å². The molecular formula is C16H23Cl2N3O2. The van der Waals surface area contributed by atoms with Gasteiger partial charge in [-0.05, 0) is 30.5 Å². The maximum Gasteiger partial charge on any atom is 0.191 e. The molecule has 128 valence electrons. The molecule has 1 aliphatic heterocycles. The molecule has 0 aliphatic carbocycles. The molecule has 23 heavy (non-hydrogen) atoms. The van der Waals surface area contributed by atoms with Gasteiger partial charge in [0.1, 0.15) is 0 Å². The number of hydrogen-bond acceptors (Lipinski definition) is 3. The van der Waals surface area contributed by atoms with Crippen LogP contribution in [0.4, 0.5) is 0 Å². The van der Waals surface area contributed by atoms with Gasteiger partial charge in [0.2, 0.25) is 0 Å². The van der Waals surface area contributed by atoms with Crippen LogP contribution in [0.1, 0.15) is 18.4 Å². The second kappa shape index (κ2) is 9.98. The van der Waals surface area contributed by atoms with E-state index in [-0.39, 0.29) is 6.10 Å². The van der Waals surface area contributed by atoms with Crippen molar-refractivity contribution < 1.29 is 9.47 Å². The minimum atomic E-state index is 0.263. The van der Waals surface area contributed by atoms with Gasteiger partial charge >= 0.3 is 0 Å². The minimum Gasteiger partial charge on any atom is -0.379 e. The second-order valence-corrected chi connectivity index (χ2v) is 6.14. The quantitative estimate of drug-likeness (QED) is 0.446. The summed E-state index contributed by atoms with van der Waals surface area (Å²) in [6.07, 6.45) is 2.18. The summed E-state index contributed by atoms with van der Waals surface area (Å²) in [5, 5.41) is 7.76. The van der Waals surface area contributed by atoms with E-state index < -0.39 is 0 Å². The first-order valence-corrected chi connectivity index (χ1v) is 8.52. The molecule has 2 N–H and O–H groups in total. The highest BCUT2D eigenvalue weighted by atomic mass is 35.5. The zero-order valence-electron chi connectivity index (χ0n) is 13.3. The molecule has 7 heteroatoms. The summed E-state index contributed by atoms with van der Waals surface area (Å²) in [5.74, 6) is 0.736. The van der Waals surface area contributed by atoms with Crippen LogP contribution in [-0.2, 0) is 16.0 Å². The lowest BCUT2D eigenvalue weighted by atomic mass is 10.2. The van der Waals surface area contributed by atoms with E-state index >= 15 is 0 Å². The van der Waals surface area contributed by atoms with Gasteiger partial charge in [-0.1, -0.05) is 29.3 Å². The largest absolute Gasteiger partial charge is 0.379 e. The monoisotopic (exact) mass is 359 g/mol. The van der Waals surface area contributed by atoms with E-state index in [1.54, 1.807) is 13.1 Å². The van der Waals surface area contributed by atoms with Gasteiger partial charge in [0.05, 0.1) is 12.7 Å². The Labute approximate surface area is 147 Å². The van der Waals surface area contributed by atoms with Crippen LogP contribution in [0, 0.1) is 0 Å². The Balaban J connectivity index is 1.63.